The van der Waals surface area contributed by atoms with Crippen molar-refractivity contribution in [2.45, 2.75) is 84.1 Å². The number of nitrogens with zero attached hydrogens (tertiary/aromatic N) is 1. The Hall–Kier alpha value is -0.940. The van der Waals surface area contributed by atoms with Crippen molar-refractivity contribution in [3.8, 4) is 0 Å². The molecule has 1 unspecified atom stereocenters. The van der Waals surface area contributed by atoms with Crippen molar-refractivity contribution in [3.63, 3.8) is 0 Å². The second kappa shape index (κ2) is 8.20. The van der Waals surface area contributed by atoms with Crippen molar-refractivity contribution in [1.29, 1.82) is 0 Å². The highest BCUT2D eigenvalue weighted by molar-refractivity contribution is 6.40. The van der Waals surface area contributed by atoms with Crippen LogP contribution in [0.4, 0.5) is 0 Å². The molecule has 7 atom stereocenters. The minimum absolute atomic E-state index is 0. The fourth-order valence-corrected chi connectivity index (χ4v) is 7.76. The van der Waals surface area contributed by atoms with Crippen LogP contribution in [0, 0.1) is 34.5 Å². The van der Waals surface area contributed by atoms with Crippen molar-refractivity contribution in [1.82, 2.24) is 5.32 Å². The number of nitrogens with one attached hydrogen (secondary N) is 1. The van der Waals surface area contributed by atoms with E-state index in [9.17, 15) is 9.59 Å². The van der Waals surface area contributed by atoms with E-state index in [-0.39, 0.29) is 46.6 Å². The number of hydrogen-bond acceptors (Lipinski definition) is 5. The lowest BCUT2D eigenvalue weighted by atomic mass is 9.44. The average Bonchev–Trinajstić information content (AvgIpc) is 3.35. The van der Waals surface area contributed by atoms with Crippen LogP contribution in [0.25, 0.3) is 0 Å². The first-order valence-electron chi connectivity index (χ1n) is 11.9. The van der Waals surface area contributed by atoms with Crippen molar-refractivity contribution >= 4 is 29.7 Å². The van der Waals surface area contributed by atoms with Crippen LogP contribution >= 0.6 is 12.4 Å². The Morgan fingerprint density at radius 1 is 1.03 bits per heavy atom. The van der Waals surface area contributed by atoms with Gasteiger partial charge in [-0.25, -0.2) is 0 Å². The van der Waals surface area contributed by atoms with Gasteiger partial charge in [-0.3, -0.25) is 9.59 Å². The minimum atomic E-state index is -0.192. The van der Waals surface area contributed by atoms with Gasteiger partial charge in [0, 0.05) is 17.9 Å². The summed E-state index contributed by atoms with van der Waals surface area (Å²) in [6, 6.07) is 0.398. The zero-order chi connectivity index (χ0) is 20.2. The maximum absolute atomic E-state index is 13.3. The van der Waals surface area contributed by atoms with Crippen LogP contribution < -0.4 is 5.32 Å². The molecule has 0 aromatic rings. The molecule has 4 aliphatic carbocycles. The predicted octanol–water partition coefficient (Wildman–Crippen LogP) is 4.32. The van der Waals surface area contributed by atoms with Gasteiger partial charge in [-0.1, -0.05) is 25.4 Å². The average molecular weight is 437 g/mol. The van der Waals surface area contributed by atoms with E-state index < -0.39 is 0 Å². The van der Waals surface area contributed by atoms with E-state index in [4.69, 9.17) is 4.84 Å². The summed E-state index contributed by atoms with van der Waals surface area (Å²) in [5.41, 5.74) is 1.21. The Bertz CT molecular complexity index is 734. The SMILES string of the molecule is C[C@@]12CCC[C@H]1[C@@H]1C(=O)C(=O)C3CC(=NOC[C@H]4CCCN4)CC[C@]3(C)[C@H]1CC2.Cl. The van der Waals surface area contributed by atoms with Crippen molar-refractivity contribution in [3.05, 3.63) is 0 Å². The molecule has 0 radical (unpaired) electrons. The lowest BCUT2D eigenvalue weighted by Crippen LogP contribution is -2.60. The first kappa shape index (κ1) is 22.3. The molecule has 1 N–H and O–H groups in total. The summed E-state index contributed by atoms with van der Waals surface area (Å²) in [6.07, 6.45) is 10.7. The van der Waals surface area contributed by atoms with Gasteiger partial charge >= 0.3 is 0 Å². The van der Waals surface area contributed by atoms with Crippen molar-refractivity contribution in [2.24, 2.45) is 39.7 Å². The largest absolute Gasteiger partial charge is 0.394 e. The zero-order valence-electron chi connectivity index (χ0n) is 18.5. The summed E-state index contributed by atoms with van der Waals surface area (Å²) in [7, 11) is 0. The number of carbonyl (C=O) groups excluding carboxylic acids is 2. The monoisotopic (exact) mass is 436 g/mol. The number of fused-ring (bicyclic) bond motifs is 5. The van der Waals surface area contributed by atoms with Crippen LogP contribution in [0.3, 0.4) is 0 Å². The third kappa shape index (κ3) is 3.44. The first-order valence-corrected chi connectivity index (χ1v) is 11.9. The molecule has 5 aliphatic rings. The Morgan fingerprint density at radius 2 is 1.87 bits per heavy atom. The number of ketones is 2. The summed E-state index contributed by atoms with van der Waals surface area (Å²) in [5.74, 6) is 0.435. The molecule has 168 valence electrons. The van der Waals surface area contributed by atoms with Gasteiger partial charge in [-0.2, -0.15) is 0 Å². The normalized spacial score (nSPS) is 46.7. The quantitative estimate of drug-likeness (QED) is 0.528. The van der Waals surface area contributed by atoms with Gasteiger partial charge < -0.3 is 10.2 Å². The second-order valence-corrected chi connectivity index (χ2v) is 11.1. The van der Waals surface area contributed by atoms with E-state index in [0.717, 1.165) is 44.4 Å². The first-order chi connectivity index (χ1) is 13.9. The molecule has 1 saturated heterocycles. The summed E-state index contributed by atoms with van der Waals surface area (Å²) in [4.78, 5) is 32.2. The Balaban J connectivity index is 0.00000218. The zero-order valence-corrected chi connectivity index (χ0v) is 19.3. The molecule has 6 heteroatoms. The van der Waals surface area contributed by atoms with E-state index >= 15 is 0 Å². The minimum Gasteiger partial charge on any atom is -0.394 e. The molecule has 5 nitrogen and oxygen atoms in total. The summed E-state index contributed by atoms with van der Waals surface area (Å²) < 4.78 is 0. The van der Waals surface area contributed by atoms with Gasteiger partial charge in [0.05, 0.1) is 5.71 Å². The summed E-state index contributed by atoms with van der Waals surface area (Å²) >= 11 is 0. The molecule has 0 amide bonds. The maximum Gasteiger partial charge on any atom is 0.202 e. The Kier molecular flexibility index (Phi) is 6.08. The molecule has 0 spiro atoms. The van der Waals surface area contributed by atoms with Crippen molar-refractivity contribution in [2.75, 3.05) is 13.2 Å². The predicted molar refractivity (Wildman–Crippen MR) is 119 cm³/mol. The molecular weight excluding hydrogens is 400 g/mol. The van der Waals surface area contributed by atoms with Crippen LogP contribution in [-0.2, 0) is 14.4 Å². The topological polar surface area (TPSA) is 67.8 Å². The lowest BCUT2D eigenvalue weighted by Gasteiger charge is -2.58. The molecule has 5 fully saturated rings. The van der Waals surface area contributed by atoms with Gasteiger partial charge in [-0.15, -0.1) is 12.4 Å². The standard InChI is InChI=1S/C24H36N2O3.ClH/c1-23-9-3-6-17(23)20-18(8-10-23)24(2)11-7-15(13-19(24)21(27)22(20)28)26-29-14-16-5-4-12-25-16;/h16-20,25H,3-14H2,1-2H3;1H/t16-,17+,18+,19?,20+,23+,24-;/m1./s1. The molecule has 5 rings (SSSR count). The van der Waals surface area contributed by atoms with Crippen molar-refractivity contribution < 1.29 is 14.4 Å². The number of carbonyl (C=O) groups is 2. The number of rotatable bonds is 3. The van der Waals surface area contributed by atoms with Crippen LogP contribution in [-0.4, -0.2) is 36.5 Å². The summed E-state index contributed by atoms with van der Waals surface area (Å²) in [6.45, 7) is 6.33. The van der Waals surface area contributed by atoms with Gasteiger partial charge in [0.1, 0.15) is 6.61 Å². The highest BCUT2D eigenvalue weighted by Crippen LogP contribution is 2.64. The van der Waals surface area contributed by atoms with E-state index in [0.29, 0.717) is 30.9 Å². The number of hydrogen-bond donors (Lipinski definition) is 1. The van der Waals surface area contributed by atoms with E-state index in [1.54, 1.807) is 0 Å². The number of halogens is 1. The molecule has 0 aromatic heterocycles. The van der Waals surface area contributed by atoms with Crippen LogP contribution in [0.5, 0.6) is 0 Å². The smallest absolute Gasteiger partial charge is 0.202 e. The highest BCUT2D eigenvalue weighted by Gasteiger charge is 2.63. The molecule has 1 aliphatic heterocycles. The lowest BCUT2D eigenvalue weighted by molar-refractivity contribution is -0.164. The van der Waals surface area contributed by atoms with Gasteiger partial charge in [-0.05, 0) is 87.0 Å². The number of oxime groups is 1. The molecule has 1 heterocycles. The molecule has 30 heavy (non-hydrogen) atoms. The van der Waals surface area contributed by atoms with Crippen LogP contribution in [0.2, 0.25) is 0 Å². The summed E-state index contributed by atoms with van der Waals surface area (Å²) in [5, 5.41) is 7.83. The van der Waals surface area contributed by atoms with Gasteiger partial charge in [0.25, 0.3) is 0 Å². The second-order valence-electron chi connectivity index (χ2n) is 11.1. The van der Waals surface area contributed by atoms with E-state index in [1.807, 2.05) is 0 Å². The van der Waals surface area contributed by atoms with Gasteiger partial charge in [0.15, 0.2) is 0 Å². The van der Waals surface area contributed by atoms with E-state index in [1.165, 1.54) is 25.7 Å². The fraction of sp³-hybridized carbons (Fsp3) is 0.875. The van der Waals surface area contributed by atoms with E-state index in [2.05, 4.69) is 24.3 Å². The highest BCUT2D eigenvalue weighted by atomic mass is 35.5. The number of Topliss-reactive ketones (excluding diaryl/α,β-unsaturated/α-hetero) is 2. The van der Waals surface area contributed by atoms with Crippen LogP contribution in [0.1, 0.15) is 78.1 Å². The molecular formula is C24H37ClN2O3. The Labute approximate surface area is 186 Å². The molecule has 0 bridgehead atoms. The Morgan fingerprint density at radius 3 is 2.63 bits per heavy atom. The molecule has 0 aromatic carbocycles. The molecule has 4 saturated carbocycles. The third-order valence-electron chi connectivity index (χ3n) is 9.58. The maximum atomic E-state index is 13.3. The van der Waals surface area contributed by atoms with Crippen LogP contribution in [0.15, 0.2) is 5.16 Å². The van der Waals surface area contributed by atoms with Gasteiger partial charge in [0.2, 0.25) is 11.6 Å². The fourth-order valence-electron chi connectivity index (χ4n) is 7.76. The third-order valence-corrected chi connectivity index (χ3v) is 9.58.